The molecule has 21 heavy (non-hydrogen) atoms. The van der Waals surface area contributed by atoms with E-state index in [-0.39, 0.29) is 0 Å². The van der Waals surface area contributed by atoms with Gasteiger partial charge in [-0.2, -0.15) is 0 Å². The maximum Gasteiger partial charge on any atom is 0.250 e. The molecule has 0 aliphatic heterocycles. The number of benzene rings is 1. The molecule has 2 rings (SSSR count). The molecule has 1 aromatic carbocycles. The monoisotopic (exact) mass is 284 g/mol. The topological polar surface area (TPSA) is 65.2 Å². The first-order chi connectivity index (χ1) is 10.1. The van der Waals surface area contributed by atoms with Crippen LogP contribution in [0.1, 0.15) is 41.3 Å². The minimum atomic E-state index is -0.494. The molecule has 0 atom stereocenters. The Morgan fingerprint density at radius 2 is 2.10 bits per heavy atom. The number of carbonyl (C=O) groups excluding carboxylic acids is 1. The molecular weight excluding hydrogens is 264 g/mol. The van der Waals surface area contributed by atoms with Crippen LogP contribution in [0.25, 0.3) is 0 Å². The van der Waals surface area contributed by atoms with E-state index < -0.39 is 5.91 Å². The molecule has 0 radical (unpaired) electrons. The van der Waals surface area contributed by atoms with Crippen molar-refractivity contribution in [1.82, 2.24) is 4.98 Å². The highest BCUT2D eigenvalue weighted by atomic mass is 16.5. The number of hydrogen-bond donors (Lipinski definition) is 1. The molecule has 0 aliphatic rings. The zero-order chi connectivity index (χ0) is 15.2. The van der Waals surface area contributed by atoms with Crippen LogP contribution in [0.4, 0.5) is 0 Å². The van der Waals surface area contributed by atoms with Crippen LogP contribution in [0.2, 0.25) is 0 Å². The van der Waals surface area contributed by atoms with Crippen molar-refractivity contribution in [1.29, 1.82) is 0 Å². The van der Waals surface area contributed by atoms with Gasteiger partial charge < -0.3 is 10.5 Å². The third-order valence-electron chi connectivity index (χ3n) is 3.36. The van der Waals surface area contributed by atoms with E-state index in [1.54, 1.807) is 12.1 Å². The standard InChI is InChI=1S/C17H20N2O2/c1-3-4-5-13-10-15(8-6-12(13)2)21-16-9-7-14(11-19-16)17(18)20/h6-11H,3-5H2,1-2H3,(H2,18,20). The molecule has 4 heteroatoms. The average Bonchev–Trinajstić information content (AvgIpc) is 2.48. The Morgan fingerprint density at radius 3 is 2.71 bits per heavy atom. The highest BCUT2D eigenvalue weighted by Crippen LogP contribution is 2.23. The third-order valence-corrected chi connectivity index (χ3v) is 3.36. The van der Waals surface area contributed by atoms with Crippen molar-refractivity contribution in [3.05, 3.63) is 53.2 Å². The molecule has 0 unspecified atom stereocenters. The minimum absolute atomic E-state index is 0.370. The summed E-state index contributed by atoms with van der Waals surface area (Å²) in [6.45, 7) is 4.29. The number of nitrogens with two attached hydrogens (primary N) is 1. The number of pyridine rings is 1. The third kappa shape index (κ3) is 4.05. The quantitative estimate of drug-likeness (QED) is 0.881. The molecule has 0 aliphatic carbocycles. The first kappa shape index (κ1) is 15.0. The second kappa shape index (κ2) is 6.88. The fraction of sp³-hybridized carbons (Fsp3) is 0.294. The second-order valence-electron chi connectivity index (χ2n) is 5.04. The minimum Gasteiger partial charge on any atom is -0.439 e. The van der Waals surface area contributed by atoms with E-state index in [0.29, 0.717) is 11.4 Å². The summed E-state index contributed by atoms with van der Waals surface area (Å²) in [7, 11) is 0. The Morgan fingerprint density at radius 1 is 1.29 bits per heavy atom. The van der Waals surface area contributed by atoms with Gasteiger partial charge >= 0.3 is 0 Å². The van der Waals surface area contributed by atoms with Crippen molar-refractivity contribution < 1.29 is 9.53 Å². The Balaban J connectivity index is 2.13. The van der Waals surface area contributed by atoms with Crippen LogP contribution in [-0.2, 0) is 6.42 Å². The zero-order valence-electron chi connectivity index (χ0n) is 12.4. The van der Waals surface area contributed by atoms with Crippen molar-refractivity contribution in [3.8, 4) is 11.6 Å². The predicted octanol–water partition coefficient (Wildman–Crippen LogP) is 3.62. The van der Waals surface area contributed by atoms with Crippen LogP contribution >= 0.6 is 0 Å². The van der Waals surface area contributed by atoms with Gasteiger partial charge in [-0.3, -0.25) is 4.79 Å². The summed E-state index contributed by atoms with van der Waals surface area (Å²) in [4.78, 5) is 15.1. The highest BCUT2D eigenvalue weighted by Gasteiger charge is 2.05. The summed E-state index contributed by atoms with van der Waals surface area (Å²) in [6.07, 6.45) is 4.80. The zero-order valence-corrected chi connectivity index (χ0v) is 12.4. The summed E-state index contributed by atoms with van der Waals surface area (Å²) in [5, 5.41) is 0. The lowest BCUT2D eigenvalue weighted by Crippen LogP contribution is -2.10. The van der Waals surface area contributed by atoms with Gasteiger partial charge in [-0.15, -0.1) is 0 Å². The summed E-state index contributed by atoms with van der Waals surface area (Å²) in [5.74, 6) is 0.711. The van der Waals surface area contributed by atoms with Crippen LogP contribution in [0.3, 0.4) is 0 Å². The summed E-state index contributed by atoms with van der Waals surface area (Å²) in [6, 6.07) is 9.28. The van der Waals surface area contributed by atoms with E-state index in [4.69, 9.17) is 10.5 Å². The molecule has 1 heterocycles. The lowest BCUT2D eigenvalue weighted by atomic mass is 10.0. The van der Waals surface area contributed by atoms with Gasteiger partial charge in [0.15, 0.2) is 0 Å². The van der Waals surface area contributed by atoms with E-state index in [0.717, 1.165) is 18.6 Å². The van der Waals surface area contributed by atoms with E-state index in [1.807, 2.05) is 6.07 Å². The van der Waals surface area contributed by atoms with Crippen molar-refractivity contribution in [3.63, 3.8) is 0 Å². The molecule has 110 valence electrons. The summed E-state index contributed by atoms with van der Waals surface area (Å²) < 4.78 is 5.73. The van der Waals surface area contributed by atoms with Crippen molar-refractivity contribution >= 4 is 5.91 Å². The normalized spacial score (nSPS) is 10.4. The van der Waals surface area contributed by atoms with Crippen molar-refractivity contribution in [2.24, 2.45) is 5.73 Å². The molecule has 4 nitrogen and oxygen atoms in total. The van der Waals surface area contributed by atoms with E-state index in [2.05, 4.69) is 31.0 Å². The maximum atomic E-state index is 11.0. The molecule has 0 saturated heterocycles. The Bertz CT molecular complexity index is 621. The van der Waals surface area contributed by atoms with E-state index in [9.17, 15) is 4.79 Å². The number of unbranched alkanes of at least 4 members (excludes halogenated alkanes) is 1. The van der Waals surface area contributed by atoms with E-state index >= 15 is 0 Å². The van der Waals surface area contributed by atoms with Crippen molar-refractivity contribution in [2.45, 2.75) is 33.1 Å². The molecule has 0 saturated carbocycles. The van der Waals surface area contributed by atoms with Gasteiger partial charge in [0.25, 0.3) is 0 Å². The molecule has 2 aromatic rings. The maximum absolute atomic E-state index is 11.0. The molecular formula is C17H20N2O2. The molecule has 1 amide bonds. The fourth-order valence-corrected chi connectivity index (χ4v) is 2.06. The SMILES string of the molecule is CCCCc1cc(Oc2ccc(C(N)=O)cn2)ccc1C. The number of ether oxygens (including phenoxy) is 1. The number of hydrogen-bond acceptors (Lipinski definition) is 3. The largest absolute Gasteiger partial charge is 0.439 e. The first-order valence-electron chi connectivity index (χ1n) is 7.13. The van der Waals surface area contributed by atoms with Gasteiger partial charge in [-0.05, 0) is 49.1 Å². The van der Waals surface area contributed by atoms with Gasteiger partial charge in [0, 0.05) is 12.3 Å². The van der Waals surface area contributed by atoms with Gasteiger partial charge in [0.05, 0.1) is 5.56 Å². The number of primary amides is 1. The lowest BCUT2D eigenvalue weighted by molar-refractivity contribution is 0.1000. The predicted molar refractivity (Wildman–Crippen MR) is 82.6 cm³/mol. The van der Waals surface area contributed by atoms with Gasteiger partial charge in [0.2, 0.25) is 11.8 Å². The fourth-order valence-electron chi connectivity index (χ4n) is 2.06. The molecule has 2 N–H and O–H groups in total. The van der Waals surface area contributed by atoms with Gasteiger partial charge in [0.1, 0.15) is 5.75 Å². The van der Waals surface area contributed by atoms with Crippen molar-refractivity contribution in [2.75, 3.05) is 0 Å². The van der Waals surface area contributed by atoms with Gasteiger partial charge in [-0.1, -0.05) is 19.4 Å². The van der Waals surface area contributed by atoms with Crippen LogP contribution in [-0.4, -0.2) is 10.9 Å². The number of carbonyl (C=O) groups is 1. The first-order valence-corrected chi connectivity index (χ1v) is 7.13. The average molecular weight is 284 g/mol. The molecule has 0 bridgehead atoms. The number of aromatic nitrogens is 1. The molecule has 0 fully saturated rings. The van der Waals surface area contributed by atoms with Crippen LogP contribution < -0.4 is 10.5 Å². The number of nitrogens with zero attached hydrogens (tertiary/aromatic N) is 1. The summed E-state index contributed by atoms with van der Waals surface area (Å²) >= 11 is 0. The molecule has 0 spiro atoms. The smallest absolute Gasteiger partial charge is 0.250 e. The summed E-state index contributed by atoms with van der Waals surface area (Å²) in [5.41, 5.74) is 8.12. The Labute approximate surface area is 125 Å². The number of amides is 1. The van der Waals surface area contributed by atoms with Crippen LogP contribution in [0, 0.1) is 6.92 Å². The van der Waals surface area contributed by atoms with Gasteiger partial charge in [-0.25, -0.2) is 4.98 Å². The highest BCUT2D eigenvalue weighted by molar-refractivity contribution is 5.92. The number of aryl methyl sites for hydroxylation is 2. The Kier molecular flexibility index (Phi) is 4.93. The van der Waals surface area contributed by atoms with Crippen LogP contribution in [0.15, 0.2) is 36.5 Å². The Hall–Kier alpha value is -2.36. The number of rotatable bonds is 6. The lowest BCUT2D eigenvalue weighted by Gasteiger charge is -2.09. The van der Waals surface area contributed by atoms with E-state index in [1.165, 1.54) is 23.7 Å². The second-order valence-corrected chi connectivity index (χ2v) is 5.04. The molecule has 1 aromatic heterocycles. The van der Waals surface area contributed by atoms with Crippen LogP contribution in [0.5, 0.6) is 11.6 Å².